The van der Waals surface area contributed by atoms with Crippen LogP contribution in [0, 0.1) is 0 Å². The van der Waals surface area contributed by atoms with Crippen LogP contribution in [-0.2, 0) is 0 Å². The zero-order valence-electron chi connectivity index (χ0n) is 11.4. The van der Waals surface area contributed by atoms with Gasteiger partial charge in [0.15, 0.2) is 0 Å². The molecule has 1 N–H and O–H groups in total. The van der Waals surface area contributed by atoms with Crippen molar-refractivity contribution in [1.29, 1.82) is 0 Å². The summed E-state index contributed by atoms with van der Waals surface area (Å²) in [4.78, 5) is 3.26. The van der Waals surface area contributed by atoms with Crippen LogP contribution in [0.15, 0.2) is 30.3 Å². The van der Waals surface area contributed by atoms with E-state index in [2.05, 4.69) is 11.9 Å². The van der Waals surface area contributed by atoms with Gasteiger partial charge >= 0.3 is 8.57 Å². The van der Waals surface area contributed by atoms with E-state index in [4.69, 9.17) is 0 Å². The van der Waals surface area contributed by atoms with Crippen LogP contribution >= 0.6 is 0 Å². The molecule has 0 saturated carbocycles. The number of halogens is 1. The maximum absolute atomic E-state index is 15.2. The molecule has 1 unspecified atom stereocenters. The predicted molar refractivity (Wildman–Crippen MR) is 75.5 cm³/mol. The zero-order valence-corrected chi connectivity index (χ0v) is 12.4. The van der Waals surface area contributed by atoms with Gasteiger partial charge in [0.1, 0.15) is 0 Å². The van der Waals surface area contributed by atoms with Crippen LogP contribution in [0.5, 0.6) is 0 Å². The number of rotatable bonds is 5. The van der Waals surface area contributed by atoms with E-state index in [-0.39, 0.29) is 5.54 Å². The van der Waals surface area contributed by atoms with Crippen molar-refractivity contribution in [2.24, 2.45) is 0 Å². The van der Waals surface area contributed by atoms with E-state index >= 15 is 4.11 Å². The fourth-order valence-electron chi connectivity index (χ4n) is 2.00. The second-order valence-corrected chi connectivity index (χ2v) is 8.58. The molecule has 1 aromatic rings. The van der Waals surface area contributed by atoms with E-state index in [1.54, 1.807) is 0 Å². The third kappa shape index (κ3) is 4.60. The number of hydrogen-bond acceptors (Lipinski definition) is 1. The van der Waals surface area contributed by atoms with Gasteiger partial charge in [-0.2, -0.15) is 0 Å². The molecule has 0 saturated heterocycles. The normalized spacial score (nSPS) is 15.6. The summed E-state index contributed by atoms with van der Waals surface area (Å²) in [5.74, 6) is 0. The number of hydrogen-bond donors (Lipinski definition) is 1. The Balaban J connectivity index is 2.93. The maximum Gasteiger partial charge on any atom is 0.351 e. The molecule has 0 aliphatic rings. The Morgan fingerprint density at radius 3 is 2.24 bits per heavy atom. The highest BCUT2D eigenvalue weighted by atomic mass is 28.4. The van der Waals surface area contributed by atoms with Crippen LogP contribution in [-0.4, -0.2) is 14.1 Å². The van der Waals surface area contributed by atoms with Crippen LogP contribution in [0.3, 0.4) is 0 Å². The van der Waals surface area contributed by atoms with Gasteiger partial charge in [-0.05, 0) is 32.0 Å². The lowest BCUT2D eigenvalue weighted by Crippen LogP contribution is -2.62. The molecule has 0 fully saturated rings. The summed E-state index contributed by atoms with van der Waals surface area (Å²) in [5.41, 5.74) is -0.176. The van der Waals surface area contributed by atoms with Crippen molar-refractivity contribution in [3.05, 3.63) is 30.3 Å². The molecule has 0 spiro atoms. The Morgan fingerprint density at radius 2 is 1.76 bits per heavy atom. The highest BCUT2D eigenvalue weighted by molar-refractivity contribution is 6.84. The molecule has 96 valence electrons. The molecule has 1 rings (SSSR count). The molecule has 0 amide bonds. The fraction of sp³-hybridized carbons (Fsp3) is 0.571. The Kier molecular flexibility index (Phi) is 4.89. The van der Waals surface area contributed by atoms with E-state index in [9.17, 15) is 0 Å². The maximum atomic E-state index is 15.2. The molecular formula is C14H24FNSi. The van der Waals surface area contributed by atoms with Gasteiger partial charge in [-0.3, -0.25) is 4.11 Å². The molecule has 0 aliphatic heterocycles. The highest BCUT2D eigenvalue weighted by Crippen LogP contribution is 2.17. The largest absolute Gasteiger partial charge is 0.351 e. The van der Waals surface area contributed by atoms with Crippen LogP contribution in [0.1, 0.15) is 40.5 Å². The first-order valence-corrected chi connectivity index (χ1v) is 8.50. The molecule has 0 aromatic heterocycles. The zero-order chi connectivity index (χ0) is 12.9. The molecule has 0 radical (unpaired) electrons. The smallest absolute Gasteiger partial charge is 0.304 e. The first-order valence-electron chi connectivity index (χ1n) is 6.41. The van der Waals surface area contributed by atoms with E-state index in [1.807, 2.05) is 51.1 Å². The van der Waals surface area contributed by atoms with Crippen molar-refractivity contribution in [3.63, 3.8) is 0 Å². The summed E-state index contributed by atoms with van der Waals surface area (Å²) in [6.45, 7) is 8.20. The quantitative estimate of drug-likeness (QED) is 0.625. The Morgan fingerprint density at radius 1 is 1.18 bits per heavy atom. The van der Waals surface area contributed by atoms with E-state index in [0.717, 1.165) is 18.0 Å². The molecule has 0 bridgehead atoms. The van der Waals surface area contributed by atoms with Crippen molar-refractivity contribution in [2.75, 3.05) is 0 Å². The van der Waals surface area contributed by atoms with Crippen molar-refractivity contribution >= 4 is 13.8 Å². The van der Waals surface area contributed by atoms with Crippen LogP contribution in [0.2, 0.25) is 6.04 Å². The summed E-state index contributed by atoms with van der Waals surface area (Å²) >= 11 is 0. The Bertz CT molecular complexity index is 334. The third-order valence-electron chi connectivity index (χ3n) is 2.68. The molecule has 3 heteroatoms. The average Bonchev–Trinajstić information content (AvgIpc) is 2.25. The van der Waals surface area contributed by atoms with Gasteiger partial charge in [0.25, 0.3) is 0 Å². The number of benzene rings is 1. The molecule has 1 aromatic carbocycles. The third-order valence-corrected chi connectivity index (χ3v) is 6.12. The SMILES string of the molecule is CCCC[Si](F)(NC(C)(C)C)c1ccccc1. The van der Waals surface area contributed by atoms with Gasteiger partial charge in [-0.25, -0.2) is 0 Å². The van der Waals surface area contributed by atoms with E-state index in [1.165, 1.54) is 0 Å². The summed E-state index contributed by atoms with van der Waals surface area (Å²) < 4.78 is 15.2. The van der Waals surface area contributed by atoms with Crippen molar-refractivity contribution < 1.29 is 4.11 Å². The van der Waals surface area contributed by atoms with Gasteiger partial charge in [0.2, 0.25) is 0 Å². The molecular weight excluding hydrogens is 229 g/mol. The van der Waals surface area contributed by atoms with Gasteiger partial charge < -0.3 is 4.98 Å². The summed E-state index contributed by atoms with van der Waals surface area (Å²) in [7, 11) is -3.03. The second-order valence-electron chi connectivity index (χ2n) is 5.65. The molecule has 1 nitrogen and oxygen atoms in total. The summed E-state index contributed by atoms with van der Waals surface area (Å²) in [6, 6.07) is 10.3. The Hall–Kier alpha value is -0.673. The minimum atomic E-state index is -3.03. The van der Waals surface area contributed by atoms with Crippen LogP contribution in [0.25, 0.3) is 0 Å². The van der Waals surface area contributed by atoms with Gasteiger partial charge in [-0.15, -0.1) is 0 Å². The molecule has 0 aliphatic carbocycles. The Labute approximate surface area is 106 Å². The van der Waals surface area contributed by atoms with Gasteiger partial charge in [0, 0.05) is 5.54 Å². The summed E-state index contributed by atoms with van der Waals surface area (Å²) in [5, 5.41) is 0.864. The summed E-state index contributed by atoms with van der Waals surface area (Å²) in [6.07, 6.45) is 1.98. The van der Waals surface area contributed by atoms with Crippen molar-refractivity contribution in [3.8, 4) is 0 Å². The van der Waals surface area contributed by atoms with Gasteiger partial charge in [-0.1, -0.05) is 50.1 Å². The van der Waals surface area contributed by atoms with E-state index < -0.39 is 8.57 Å². The second kappa shape index (κ2) is 5.78. The molecule has 0 heterocycles. The van der Waals surface area contributed by atoms with Crippen molar-refractivity contribution in [2.45, 2.75) is 52.1 Å². The average molecular weight is 253 g/mol. The predicted octanol–water partition coefficient (Wildman–Crippen LogP) is 3.49. The number of nitrogens with one attached hydrogen (secondary N) is 1. The fourth-order valence-corrected chi connectivity index (χ4v) is 5.30. The minimum absolute atomic E-state index is 0.176. The van der Waals surface area contributed by atoms with Crippen LogP contribution < -0.4 is 10.2 Å². The van der Waals surface area contributed by atoms with E-state index in [0.29, 0.717) is 6.04 Å². The highest BCUT2D eigenvalue weighted by Gasteiger charge is 2.39. The topological polar surface area (TPSA) is 12.0 Å². The first kappa shape index (κ1) is 14.4. The lowest BCUT2D eigenvalue weighted by Gasteiger charge is -2.32. The molecule has 1 atom stereocenters. The molecule has 17 heavy (non-hydrogen) atoms. The monoisotopic (exact) mass is 253 g/mol. The van der Waals surface area contributed by atoms with Crippen molar-refractivity contribution in [1.82, 2.24) is 4.98 Å². The minimum Gasteiger partial charge on any atom is -0.304 e. The lowest BCUT2D eigenvalue weighted by molar-refractivity contribution is 0.486. The first-order chi connectivity index (χ1) is 7.87. The lowest BCUT2D eigenvalue weighted by atomic mass is 10.1. The number of unbranched alkanes of at least 4 members (excludes halogenated alkanes) is 1. The van der Waals surface area contributed by atoms with Crippen LogP contribution in [0.4, 0.5) is 4.11 Å². The standard InChI is InChI=1S/C14H24FNSi/c1-5-6-12-17(15,16-14(2,3)4)13-10-8-7-9-11-13/h7-11,16H,5-6,12H2,1-4H3. The van der Waals surface area contributed by atoms with Gasteiger partial charge in [0.05, 0.1) is 0 Å².